The van der Waals surface area contributed by atoms with Crippen LogP contribution in [-0.4, -0.2) is 11.7 Å². The van der Waals surface area contributed by atoms with E-state index in [0.717, 1.165) is 9.88 Å². The molecule has 0 saturated heterocycles. The zero-order chi connectivity index (χ0) is 14.3. The Morgan fingerprint density at radius 3 is 1.88 bits per heavy atom. The molecule has 0 aromatic carbocycles. The zero-order valence-corrected chi connectivity index (χ0v) is 13.3. The number of hydrogen-bond acceptors (Lipinski definition) is 3. The Hall–Kier alpha value is -0.960. The van der Waals surface area contributed by atoms with Crippen molar-refractivity contribution in [2.75, 3.05) is 0 Å². The molecule has 0 bridgehead atoms. The van der Waals surface area contributed by atoms with Gasteiger partial charge in [-0.2, -0.15) is 0 Å². The van der Waals surface area contributed by atoms with Crippen LogP contribution in [0.4, 0.5) is 5.82 Å². The van der Waals surface area contributed by atoms with Crippen molar-refractivity contribution in [1.29, 1.82) is 0 Å². The van der Waals surface area contributed by atoms with E-state index in [1.54, 1.807) is 17.4 Å². The van der Waals surface area contributed by atoms with Crippen molar-refractivity contribution in [2.45, 2.75) is 54.9 Å². The highest BCUT2D eigenvalue weighted by Gasteiger charge is 2.01. The summed E-state index contributed by atoms with van der Waals surface area (Å²) in [4.78, 5) is 8.85. The summed E-state index contributed by atoms with van der Waals surface area (Å²) in [6.45, 7) is 21.2. The fourth-order valence-electron chi connectivity index (χ4n) is 0.678. The Morgan fingerprint density at radius 1 is 1.24 bits per heavy atom. The number of aryl methyl sites for hydroxylation is 1. The summed E-state index contributed by atoms with van der Waals surface area (Å²) in [5, 5.41) is 0.998. The molecule has 0 unspecified atom stereocenters. The summed E-state index contributed by atoms with van der Waals surface area (Å²) < 4.78 is 0. The maximum atomic E-state index is 4.12. The average Bonchev–Trinajstić information content (AvgIpc) is 2.75. The maximum Gasteiger partial charge on any atom is 0.169 e. The SMILES string of the molecule is C=Cc1sc(C)nc1N=C.CC.CC.CCC. The van der Waals surface area contributed by atoms with Gasteiger partial charge in [-0.3, -0.25) is 0 Å². The van der Waals surface area contributed by atoms with E-state index in [1.165, 1.54) is 6.42 Å². The fraction of sp³-hybridized carbons (Fsp3) is 0.571. The van der Waals surface area contributed by atoms with Gasteiger partial charge in [0.2, 0.25) is 0 Å². The van der Waals surface area contributed by atoms with Gasteiger partial charge < -0.3 is 0 Å². The molecule has 100 valence electrons. The van der Waals surface area contributed by atoms with E-state index in [4.69, 9.17) is 0 Å². The second kappa shape index (κ2) is 17.4. The first kappa shape index (κ1) is 21.3. The van der Waals surface area contributed by atoms with E-state index < -0.39 is 0 Å². The predicted molar refractivity (Wildman–Crippen MR) is 84.8 cm³/mol. The van der Waals surface area contributed by atoms with Crippen LogP contribution >= 0.6 is 11.3 Å². The molecule has 1 rings (SSSR count). The third-order valence-electron chi connectivity index (χ3n) is 1.08. The molecule has 1 heterocycles. The number of nitrogens with zero attached hydrogens (tertiary/aromatic N) is 2. The number of aliphatic imine (C=N–C) groups is 1. The average molecular weight is 256 g/mol. The van der Waals surface area contributed by atoms with Crippen LogP contribution in [0, 0.1) is 6.92 Å². The third kappa shape index (κ3) is 11.3. The monoisotopic (exact) mass is 256 g/mol. The highest BCUT2D eigenvalue weighted by Crippen LogP contribution is 2.25. The second-order valence-corrected chi connectivity index (χ2v) is 3.72. The van der Waals surface area contributed by atoms with Gasteiger partial charge in [-0.25, -0.2) is 9.98 Å². The molecule has 0 aliphatic heterocycles. The topological polar surface area (TPSA) is 25.2 Å². The molecule has 0 fully saturated rings. The van der Waals surface area contributed by atoms with Crippen molar-refractivity contribution < 1.29 is 0 Å². The van der Waals surface area contributed by atoms with Crippen LogP contribution in [0.15, 0.2) is 11.6 Å². The molecule has 0 spiro atoms. The molecule has 1 aromatic rings. The van der Waals surface area contributed by atoms with Gasteiger partial charge in [0, 0.05) is 0 Å². The van der Waals surface area contributed by atoms with Gasteiger partial charge in [0.15, 0.2) is 5.82 Å². The molecule has 0 amide bonds. The Labute approximate surface area is 112 Å². The number of aromatic nitrogens is 1. The van der Waals surface area contributed by atoms with Gasteiger partial charge in [0.25, 0.3) is 0 Å². The molecule has 0 radical (unpaired) electrons. The quantitative estimate of drug-likeness (QED) is 0.605. The molecule has 2 nitrogen and oxygen atoms in total. The lowest BCUT2D eigenvalue weighted by Gasteiger charge is -1.82. The van der Waals surface area contributed by atoms with Crippen molar-refractivity contribution >= 4 is 29.9 Å². The Kier molecular flexibility index (Phi) is 21.9. The molecule has 3 heteroatoms. The Morgan fingerprint density at radius 2 is 1.65 bits per heavy atom. The van der Waals surface area contributed by atoms with Crippen molar-refractivity contribution in [3.05, 3.63) is 16.5 Å². The van der Waals surface area contributed by atoms with Crippen LogP contribution in [0.3, 0.4) is 0 Å². The minimum absolute atomic E-state index is 0.692. The van der Waals surface area contributed by atoms with Crippen LogP contribution in [0.5, 0.6) is 0 Å². The molecule has 0 atom stereocenters. The minimum Gasteiger partial charge on any atom is -0.244 e. The molecular weight excluding hydrogens is 228 g/mol. The minimum atomic E-state index is 0.692. The lowest BCUT2D eigenvalue weighted by atomic mass is 10.5. The first-order valence-electron chi connectivity index (χ1n) is 6.26. The molecule has 0 aliphatic rings. The summed E-state index contributed by atoms with van der Waals surface area (Å²) >= 11 is 1.58. The van der Waals surface area contributed by atoms with Crippen molar-refractivity contribution in [1.82, 2.24) is 4.98 Å². The fourth-order valence-corrected chi connectivity index (χ4v) is 1.41. The first-order valence-corrected chi connectivity index (χ1v) is 7.07. The maximum absolute atomic E-state index is 4.12. The molecular formula is C14H28N2S. The highest BCUT2D eigenvalue weighted by atomic mass is 32.1. The lowest BCUT2D eigenvalue weighted by molar-refractivity contribution is 1.09. The number of rotatable bonds is 2. The molecule has 17 heavy (non-hydrogen) atoms. The normalized spacial score (nSPS) is 7.24. The van der Waals surface area contributed by atoms with Crippen LogP contribution < -0.4 is 0 Å². The molecule has 0 N–H and O–H groups in total. The predicted octanol–water partition coefficient (Wildman–Crippen LogP) is 5.90. The van der Waals surface area contributed by atoms with E-state index in [1.807, 2.05) is 34.6 Å². The summed E-state index contributed by atoms with van der Waals surface area (Å²) in [5.74, 6) is 0.692. The number of hydrogen-bond donors (Lipinski definition) is 0. The van der Waals surface area contributed by atoms with Crippen LogP contribution in [0.25, 0.3) is 6.08 Å². The van der Waals surface area contributed by atoms with Gasteiger partial charge in [0.05, 0.1) is 9.88 Å². The highest BCUT2D eigenvalue weighted by molar-refractivity contribution is 7.12. The van der Waals surface area contributed by atoms with Crippen molar-refractivity contribution in [3.63, 3.8) is 0 Å². The summed E-state index contributed by atoms with van der Waals surface area (Å²) in [6, 6.07) is 0. The van der Waals surface area contributed by atoms with Gasteiger partial charge in [-0.15, -0.1) is 11.3 Å². The largest absolute Gasteiger partial charge is 0.244 e. The van der Waals surface area contributed by atoms with Crippen LogP contribution in [0.2, 0.25) is 0 Å². The Bertz CT molecular complexity index is 252. The van der Waals surface area contributed by atoms with Crippen molar-refractivity contribution in [3.8, 4) is 0 Å². The summed E-state index contributed by atoms with van der Waals surface area (Å²) in [5.41, 5.74) is 0. The standard InChI is InChI=1S/C7H8N2S.C3H8.2C2H6/c1-4-6-7(8-3)9-5(2)10-6;1-3-2;2*1-2/h4H,1,3H2,2H3;3H2,1-2H3;2*1-2H3. The molecule has 0 aliphatic carbocycles. The molecule has 0 saturated carbocycles. The Balaban J connectivity index is -0.000000239. The summed E-state index contributed by atoms with van der Waals surface area (Å²) in [7, 11) is 0. The van der Waals surface area contributed by atoms with Gasteiger partial charge in [-0.05, 0) is 19.7 Å². The van der Waals surface area contributed by atoms with Gasteiger partial charge in [-0.1, -0.05) is 54.5 Å². The van der Waals surface area contributed by atoms with E-state index in [0.29, 0.717) is 5.82 Å². The lowest BCUT2D eigenvalue weighted by Crippen LogP contribution is -1.65. The first-order chi connectivity index (χ1) is 8.19. The van der Waals surface area contributed by atoms with E-state index in [9.17, 15) is 0 Å². The van der Waals surface area contributed by atoms with Gasteiger partial charge >= 0.3 is 0 Å². The second-order valence-electron chi connectivity index (χ2n) is 2.49. The van der Waals surface area contributed by atoms with E-state index >= 15 is 0 Å². The summed E-state index contributed by atoms with van der Waals surface area (Å²) in [6.07, 6.45) is 2.99. The van der Waals surface area contributed by atoms with Gasteiger partial charge in [0.1, 0.15) is 0 Å². The zero-order valence-electron chi connectivity index (χ0n) is 12.5. The van der Waals surface area contributed by atoms with E-state index in [-0.39, 0.29) is 0 Å². The molecule has 1 aromatic heterocycles. The van der Waals surface area contributed by atoms with Crippen LogP contribution in [0.1, 0.15) is 57.8 Å². The smallest absolute Gasteiger partial charge is 0.169 e. The number of thiazole rings is 1. The van der Waals surface area contributed by atoms with Crippen LogP contribution in [-0.2, 0) is 0 Å². The van der Waals surface area contributed by atoms with Crippen molar-refractivity contribution in [2.24, 2.45) is 4.99 Å². The van der Waals surface area contributed by atoms with E-state index in [2.05, 4.69) is 37.1 Å². The third-order valence-corrected chi connectivity index (χ3v) is 2.03.